The highest BCUT2D eigenvalue weighted by Crippen LogP contribution is 2.26. The molecule has 0 saturated carbocycles. The minimum Gasteiger partial charge on any atom is -0.264 e. The highest BCUT2D eigenvalue weighted by Gasteiger charge is 2.01. The molecule has 0 radical (unpaired) electrons. The number of benzene rings is 2. The molecule has 1 aromatic heterocycles. The number of hydrogen-bond donors (Lipinski definition) is 0. The van der Waals surface area contributed by atoms with Crippen LogP contribution in [0.2, 0.25) is 0 Å². The maximum Gasteiger partial charge on any atom is 0.0346 e. The monoisotopic (exact) mass is 257 g/mol. The van der Waals surface area contributed by atoms with Crippen molar-refractivity contribution in [3.05, 3.63) is 85.2 Å². The summed E-state index contributed by atoms with van der Waals surface area (Å²) in [4.78, 5) is 4.18. The third-order valence-electron chi connectivity index (χ3n) is 3.34. The molecule has 0 bridgehead atoms. The standard InChI is InChI=1S/C19H15N/c1-2-15-8-10-16(11-9-15)17-5-3-6-18(13-17)19-7-4-12-20-14-19/h2-14H,1H2. The van der Waals surface area contributed by atoms with E-state index in [9.17, 15) is 0 Å². The molecule has 1 heterocycles. The van der Waals surface area contributed by atoms with Gasteiger partial charge >= 0.3 is 0 Å². The Bertz CT molecular complexity index is 712. The minimum atomic E-state index is 1.14. The molecule has 0 atom stereocenters. The predicted molar refractivity (Wildman–Crippen MR) is 85.2 cm³/mol. The predicted octanol–water partition coefficient (Wildman–Crippen LogP) is 5.06. The Hall–Kier alpha value is -2.67. The van der Waals surface area contributed by atoms with Crippen molar-refractivity contribution in [1.82, 2.24) is 4.98 Å². The van der Waals surface area contributed by atoms with Crippen molar-refractivity contribution in [3.8, 4) is 22.3 Å². The average molecular weight is 257 g/mol. The van der Waals surface area contributed by atoms with Crippen LogP contribution in [0.3, 0.4) is 0 Å². The molecule has 0 saturated heterocycles. The van der Waals surface area contributed by atoms with Gasteiger partial charge in [-0.3, -0.25) is 4.98 Å². The van der Waals surface area contributed by atoms with Crippen LogP contribution in [0.5, 0.6) is 0 Å². The Morgan fingerprint density at radius 3 is 2.10 bits per heavy atom. The van der Waals surface area contributed by atoms with E-state index in [1.807, 2.05) is 18.3 Å². The van der Waals surface area contributed by atoms with E-state index >= 15 is 0 Å². The third-order valence-corrected chi connectivity index (χ3v) is 3.34. The first kappa shape index (κ1) is 12.4. The van der Waals surface area contributed by atoms with E-state index in [1.54, 1.807) is 6.20 Å². The first-order chi connectivity index (χ1) is 9.86. The van der Waals surface area contributed by atoms with E-state index in [-0.39, 0.29) is 0 Å². The summed E-state index contributed by atoms with van der Waals surface area (Å²) in [6.45, 7) is 3.78. The van der Waals surface area contributed by atoms with Gasteiger partial charge in [-0.25, -0.2) is 0 Å². The molecule has 96 valence electrons. The average Bonchev–Trinajstić information content (AvgIpc) is 2.56. The van der Waals surface area contributed by atoms with Crippen LogP contribution in [0, 0.1) is 0 Å². The smallest absolute Gasteiger partial charge is 0.0346 e. The SMILES string of the molecule is C=Cc1ccc(-c2cccc(-c3cccnc3)c2)cc1. The molecule has 0 aliphatic heterocycles. The fourth-order valence-electron chi connectivity index (χ4n) is 2.22. The summed E-state index contributed by atoms with van der Waals surface area (Å²) in [5.41, 5.74) is 5.88. The van der Waals surface area contributed by atoms with Crippen LogP contribution in [0.4, 0.5) is 0 Å². The molecule has 0 aliphatic rings. The molecule has 1 nitrogen and oxygen atoms in total. The first-order valence-electron chi connectivity index (χ1n) is 6.60. The number of nitrogens with zero attached hydrogens (tertiary/aromatic N) is 1. The molecule has 0 amide bonds. The zero-order valence-electron chi connectivity index (χ0n) is 11.2. The Balaban J connectivity index is 2.00. The Morgan fingerprint density at radius 1 is 0.750 bits per heavy atom. The summed E-state index contributed by atoms with van der Waals surface area (Å²) in [5.74, 6) is 0. The fourth-order valence-corrected chi connectivity index (χ4v) is 2.22. The molecule has 0 spiro atoms. The Labute approximate surface area is 119 Å². The molecule has 0 fully saturated rings. The summed E-state index contributed by atoms with van der Waals surface area (Å²) in [5, 5.41) is 0. The maximum atomic E-state index is 4.18. The van der Waals surface area contributed by atoms with E-state index in [4.69, 9.17) is 0 Å². The minimum absolute atomic E-state index is 1.14. The van der Waals surface area contributed by atoms with E-state index in [0.717, 1.165) is 11.1 Å². The second-order valence-electron chi connectivity index (χ2n) is 4.65. The summed E-state index contributed by atoms with van der Waals surface area (Å²) >= 11 is 0. The van der Waals surface area contributed by atoms with Crippen molar-refractivity contribution in [3.63, 3.8) is 0 Å². The highest BCUT2D eigenvalue weighted by molar-refractivity contribution is 5.73. The molecule has 3 rings (SSSR count). The molecule has 0 N–H and O–H groups in total. The van der Waals surface area contributed by atoms with Gasteiger partial charge < -0.3 is 0 Å². The van der Waals surface area contributed by atoms with Crippen LogP contribution in [0.15, 0.2) is 79.6 Å². The van der Waals surface area contributed by atoms with Gasteiger partial charge in [0.05, 0.1) is 0 Å². The summed E-state index contributed by atoms with van der Waals surface area (Å²) < 4.78 is 0. The molecule has 0 aliphatic carbocycles. The van der Waals surface area contributed by atoms with Crippen LogP contribution in [0.25, 0.3) is 28.3 Å². The van der Waals surface area contributed by atoms with Crippen molar-refractivity contribution in [2.75, 3.05) is 0 Å². The van der Waals surface area contributed by atoms with Crippen LogP contribution < -0.4 is 0 Å². The maximum absolute atomic E-state index is 4.18. The van der Waals surface area contributed by atoms with Gasteiger partial charge in [-0.05, 0) is 34.4 Å². The zero-order valence-corrected chi connectivity index (χ0v) is 11.2. The lowest BCUT2D eigenvalue weighted by atomic mass is 9.99. The van der Waals surface area contributed by atoms with Crippen LogP contribution >= 0.6 is 0 Å². The van der Waals surface area contributed by atoms with Crippen molar-refractivity contribution >= 4 is 6.08 Å². The molecule has 0 unspecified atom stereocenters. The van der Waals surface area contributed by atoms with Gasteiger partial charge in [-0.2, -0.15) is 0 Å². The van der Waals surface area contributed by atoms with Crippen LogP contribution in [-0.4, -0.2) is 4.98 Å². The van der Waals surface area contributed by atoms with E-state index < -0.39 is 0 Å². The molecular formula is C19H15N. The van der Waals surface area contributed by atoms with Crippen molar-refractivity contribution in [2.24, 2.45) is 0 Å². The van der Waals surface area contributed by atoms with Crippen molar-refractivity contribution in [1.29, 1.82) is 0 Å². The first-order valence-corrected chi connectivity index (χ1v) is 6.60. The Kier molecular flexibility index (Phi) is 3.42. The molecular weight excluding hydrogens is 242 g/mol. The van der Waals surface area contributed by atoms with Crippen molar-refractivity contribution < 1.29 is 0 Å². The second-order valence-corrected chi connectivity index (χ2v) is 4.65. The highest BCUT2D eigenvalue weighted by atomic mass is 14.6. The summed E-state index contributed by atoms with van der Waals surface area (Å²) in [6, 6.07) is 21.0. The zero-order chi connectivity index (χ0) is 13.8. The molecule has 20 heavy (non-hydrogen) atoms. The van der Waals surface area contributed by atoms with Gasteiger partial charge in [-0.15, -0.1) is 0 Å². The lowest BCUT2D eigenvalue weighted by molar-refractivity contribution is 1.33. The number of hydrogen-bond acceptors (Lipinski definition) is 1. The van der Waals surface area contributed by atoms with E-state index in [0.29, 0.717) is 0 Å². The molecule has 2 aromatic carbocycles. The second kappa shape index (κ2) is 5.54. The lowest BCUT2D eigenvalue weighted by Crippen LogP contribution is -1.82. The largest absolute Gasteiger partial charge is 0.264 e. The quantitative estimate of drug-likeness (QED) is 0.639. The van der Waals surface area contributed by atoms with Gasteiger partial charge in [0, 0.05) is 18.0 Å². The van der Waals surface area contributed by atoms with Gasteiger partial charge in [0.15, 0.2) is 0 Å². The van der Waals surface area contributed by atoms with Gasteiger partial charge in [0.25, 0.3) is 0 Å². The number of pyridine rings is 1. The fraction of sp³-hybridized carbons (Fsp3) is 0. The van der Waals surface area contributed by atoms with Crippen molar-refractivity contribution in [2.45, 2.75) is 0 Å². The summed E-state index contributed by atoms with van der Waals surface area (Å²) in [7, 11) is 0. The van der Waals surface area contributed by atoms with E-state index in [2.05, 4.69) is 66.2 Å². The van der Waals surface area contributed by atoms with E-state index in [1.165, 1.54) is 16.7 Å². The van der Waals surface area contributed by atoms with Crippen LogP contribution in [-0.2, 0) is 0 Å². The normalized spacial score (nSPS) is 10.2. The van der Waals surface area contributed by atoms with Gasteiger partial charge in [0.2, 0.25) is 0 Å². The topological polar surface area (TPSA) is 12.9 Å². The summed E-state index contributed by atoms with van der Waals surface area (Å²) in [6.07, 6.45) is 5.54. The Morgan fingerprint density at radius 2 is 1.45 bits per heavy atom. The number of aromatic nitrogens is 1. The molecule has 3 aromatic rings. The van der Waals surface area contributed by atoms with Gasteiger partial charge in [0.1, 0.15) is 0 Å². The third kappa shape index (κ3) is 2.52. The lowest BCUT2D eigenvalue weighted by Gasteiger charge is -2.06. The number of rotatable bonds is 3. The molecule has 1 heteroatoms. The van der Waals surface area contributed by atoms with Crippen LogP contribution in [0.1, 0.15) is 5.56 Å². The van der Waals surface area contributed by atoms with Gasteiger partial charge in [-0.1, -0.05) is 61.2 Å².